The van der Waals surface area contributed by atoms with Crippen molar-refractivity contribution in [3.63, 3.8) is 0 Å². The van der Waals surface area contributed by atoms with E-state index in [1.807, 2.05) is 0 Å². The van der Waals surface area contributed by atoms with Gasteiger partial charge in [-0.1, -0.05) is 29.8 Å². The zero-order valence-corrected chi connectivity index (χ0v) is 20.0. The van der Waals surface area contributed by atoms with Gasteiger partial charge in [0.1, 0.15) is 24.2 Å². The second kappa shape index (κ2) is 8.76. The van der Waals surface area contributed by atoms with Gasteiger partial charge in [0.25, 0.3) is 0 Å². The Kier molecular flexibility index (Phi) is 6.16. The van der Waals surface area contributed by atoms with Gasteiger partial charge in [-0.15, -0.1) is 0 Å². The molecule has 0 saturated carbocycles. The van der Waals surface area contributed by atoms with Crippen LogP contribution in [0, 0.1) is 18.6 Å². The van der Waals surface area contributed by atoms with Crippen LogP contribution in [0.3, 0.4) is 0 Å². The van der Waals surface area contributed by atoms with E-state index in [-0.39, 0.29) is 17.1 Å². The van der Waals surface area contributed by atoms with Crippen molar-refractivity contribution in [2.24, 2.45) is 0 Å². The summed E-state index contributed by atoms with van der Waals surface area (Å²) in [4.78, 5) is 17.1. The molecule has 1 N–H and O–H groups in total. The normalized spacial score (nSPS) is 12.7. The summed E-state index contributed by atoms with van der Waals surface area (Å²) >= 11 is 6.54. The molecule has 1 atom stereocenters. The zero-order chi connectivity index (χ0) is 23.9. The van der Waals surface area contributed by atoms with Crippen molar-refractivity contribution < 1.29 is 13.3 Å². The van der Waals surface area contributed by atoms with Gasteiger partial charge < -0.3 is 9.88 Å². The highest BCUT2D eigenvalue weighted by atomic mass is 35.5. The number of anilines is 1. The largest absolute Gasteiger partial charge is 0.375 e. The van der Waals surface area contributed by atoms with Crippen LogP contribution in [0.25, 0.3) is 22.3 Å². The van der Waals surface area contributed by atoms with Crippen molar-refractivity contribution in [2.75, 3.05) is 18.6 Å². The van der Waals surface area contributed by atoms with Crippen LogP contribution < -0.4 is 10.9 Å². The summed E-state index contributed by atoms with van der Waals surface area (Å²) in [5.74, 6) is -0.970. The average Bonchev–Trinajstić information content (AvgIpc) is 2.76. The molecule has 0 aliphatic carbocycles. The third-order valence-corrected chi connectivity index (χ3v) is 6.80. The third-order valence-electron chi connectivity index (χ3n) is 5.14. The summed E-state index contributed by atoms with van der Waals surface area (Å²) in [6, 6.07) is 7.23. The molecule has 0 aliphatic rings. The highest BCUT2D eigenvalue weighted by Gasteiger charge is 2.21. The smallest absolute Gasteiger partial charge is 0.188 e. The Morgan fingerprint density at radius 1 is 1.06 bits per heavy atom. The molecular formula is C23H21ClF2N5OP. The van der Waals surface area contributed by atoms with Gasteiger partial charge in [0.15, 0.2) is 11.4 Å². The molecule has 0 unspecified atom stereocenters. The van der Waals surface area contributed by atoms with Crippen molar-refractivity contribution in [2.45, 2.75) is 19.9 Å². The minimum absolute atomic E-state index is 0.000553. The number of aryl methyl sites for hydroxylation is 1. The van der Waals surface area contributed by atoms with Crippen molar-refractivity contribution >= 4 is 41.0 Å². The number of hydrogen-bond acceptors (Lipinski definition) is 6. The monoisotopic (exact) mass is 487 g/mol. The number of fused-ring (bicyclic) bond motifs is 1. The molecule has 0 spiro atoms. The van der Waals surface area contributed by atoms with Crippen LogP contribution in [0.5, 0.6) is 0 Å². The van der Waals surface area contributed by atoms with Gasteiger partial charge in [0, 0.05) is 29.6 Å². The Morgan fingerprint density at radius 3 is 2.36 bits per heavy atom. The predicted octanol–water partition coefficient (Wildman–Crippen LogP) is 5.75. The van der Waals surface area contributed by atoms with E-state index in [4.69, 9.17) is 11.6 Å². The van der Waals surface area contributed by atoms with Gasteiger partial charge >= 0.3 is 0 Å². The molecule has 0 bridgehead atoms. The molecule has 170 valence electrons. The molecule has 33 heavy (non-hydrogen) atoms. The standard InChI is InChI=1S/C23H21ClF2N5OP/c1-12(15-7-5-6-8-16(15)25)30-22-19(24)13(2)29-18-9-17(26)20(31-21(18)22)14-10-27-23(28-11-14)33(3,4)32/h5-12H,1-4H3,(H,29,30)/t12-/m1/s1. The molecule has 4 aromatic rings. The lowest BCUT2D eigenvalue weighted by molar-refractivity contribution is 0.587. The average molecular weight is 488 g/mol. The number of pyridine rings is 2. The Morgan fingerprint density at radius 2 is 1.73 bits per heavy atom. The molecule has 1 aromatic carbocycles. The summed E-state index contributed by atoms with van der Waals surface area (Å²) < 4.78 is 41.5. The molecule has 0 amide bonds. The second-order valence-corrected chi connectivity index (χ2v) is 11.6. The van der Waals surface area contributed by atoms with Gasteiger partial charge in [-0.3, -0.25) is 0 Å². The summed E-state index contributed by atoms with van der Waals surface area (Å²) in [7, 11) is -2.65. The molecule has 0 radical (unpaired) electrons. The Hall–Kier alpha value is -2.96. The minimum Gasteiger partial charge on any atom is -0.375 e. The van der Waals surface area contributed by atoms with E-state index in [2.05, 4.69) is 25.3 Å². The van der Waals surface area contributed by atoms with E-state index in [1.165, 1.54) is 24.5 Å². The lowest BCUT2D eigenvalue weighted by Gasteiger charge is -2.20. The fourth-order valence-corrected chi connectivity index (χ4v) is 4.30. The third kappa shape index (κ3) is 4.59. The van der Waals surface area contributed by atoms with Crippen LogP contribution in [-0.4, -0.2) is 33.3 Å². The van der Waals surface area contributed by atoms with Gasteiger partial charge in [-0.05, 0) is 33.2 Å². The number of aromatic nitrogens is 4. The first-order chi connectivity index (χ1) is 15.6. The summed E-state index contributed by atoms with van der Waals surface area (Å²) in [5.41, 5.74) is 2.49. The first-order valence-electron chi connectivity index (χ1n) is 10.1. The molecule has 6 nitrogen and oxygen atoms in total. The quantitative estimate of drug-likeness (QED) is 0.361. The number of halogens is 3. The maximum atomic E-state index is 15.0. The summed E-state index contributed by atoms with van der Waals surface area (Å²) in [6.07, 6.45) is 2.77. The van der Waals surface area contributed by atoms with Crippen LogP contribution in [0.15, 0.2) is 42.7 Å². The summed E-state index contributed by atoms with van der Waals surface area (Å²) in [5, 5.41) is 3.52. The van der Waals surface area contributed by atoms with Gasteiger partial charge in [-0.25, -0.2) is 28.7 Å². The first-order valence-corrected chi connectivity index (χ1v) is 13.1. The van der Waals surface area contributed by atoms with E-state index in [0.717, 1.165) is 0 Å². The Bertz CT molecular complexity index is 1410. The van der Waals surface area contributed by atoms with E-state index < -0.39 is 19.0 Å². The lowest BCUT2D eigenvalue weighted by atomic mass is 10.1. The summed E-state index contributed by atoms with van der Waals surface area (Å²) in [6.45, 7) is 6.61. The Balaban J connectivity index is 1.84. The predicted molar refractivity (Wildman–Crippen MR) is 128 cm³/mol. The van der Waals surface area contributed by atoms with Crippen molar-refractivity contribution in [1.82, 2.24) is 19.9 Å². The van der Waals surface area contributed by atoms with Crippen LogP contribution in [0.4, 0.5) is 14.5 Å². The van der Waals surface area contributed by atoms with Crippen molar-refractivity contribution in [1.29, 1.82) is 0 Å². The van der Waals surface area contributed by atoms with Crippen molar-refractivity contribution in [3.05, 3.63) is 70.6 Å². The molecule has 10 heteroatoms. The van der Waals surface area contributed by atoms with Gasteiger partial charge in [0.05, 0.1) is 28.0 Å². The van der Waals surface area contributed by atoms with Crippen LogP contribution in [0.1, 0.15) is 24.2 Å². The Labute approximate surface area is 194 Å². The maximum absolute atomic E-state index is 15.0. The SMILES string of the molecule is Cc1nc2cc(F)c(-c3cnc(P(C)(C)=O)nc3)nc2c(N[C@H](C)c2ccccc2F)c1Cl. The van der Waals surface area contributed by atoms with E-state index in [9.17, 15) is 13.3 Å². The fraction of sp³-hybridized carbons (Fsp3) is 0.217. The van der Waals surface area contributed by atoms with Crippen LogP contribution in [-0.2, 0) is 4.57 Å². The zero-order valence-electron chi connectivity index (χ0n) is 18.4. The van der Waals surface area contributed by atoms with Crippen LogP contribution >= 0.6 is 18.7 Å². The highest BCUT2D eigenvalue weighted by Crippen LogP contribution is 2.37. The maximum Gasteiger partial charge on any atom is 0.188 e. The van der Waals surface area contributed by atoms with Crippen LogP contribution in [0.2, 0.25) is 5.02 Å². The lowest BCUT2D eigenvalue weighted by Crippen LogP contribution is -2.13. The molecule has 3 heterocycles. The van der Waals surface area contributed by atoms with Gasteiger partial charge in [0.2, 0.25) is 0 Å². The van der Waals surface area contributed by atoms with E-state index in [0.29, 0.717) is 38.6 Å². The molecule has 0 fully saturated rings. The number of nitrogens with zero attached hydrogens (tertiary/aromatic N) is 4. The molecule has 0 saturated heterocycles. The number of hydrogen-bond donors (Lipinski definition) is 1. The topological polar surface area (TPSA) is 80.7 Å². The number of nitrogens with one attached hydrogen (secondary N) is 1. The minimum atomic E-state index is -2.65. The molecular weight excluding hydrogens is 467 g/mol. The van der Waals surface area contributed by atoms with Gasteiger partial charge in [-0.2, -0.15) is 0 Å². The van der Waals surface area contributed by atoms with E-state index in [1.54, 1.807) is 45.4 Å². The fourth-order valence-electron chi connectivity index (χ4n) is 3.44. The molecule has 3 aromatic heterocycles. The first kappa shape index (κ1) is 23.2. The molecule has 4 rings (SSSR count). The van der Waals surface area contributed by atoms with Crippen molar-refractivity contribution in [3.8, 4) is 11.3 Å². The number of benzene rings is 1. The number of rotatable bonds is 5. The highest BCUT2D eigenvalue weighted by molar-refractivity contribution is 7.69. The molecule has 0 aliphatic heterocycles. The second-order valence-electron chi connectivity index (χ2n) is 8.08. The van der Waals surface area contributed by atoms with E-state index >= 15 is 0 Å².